The van der Waals surface area contributed by atoms with E-state index in [1.807, 2.05) is 11.9 Å². The first-order valence-electron chi connectivity index (χ1n) is 7.78. The van der Waals surface area contributed by atoms with Gasteiger partial charge in [0.05, 0.1) is 0 Å². The summed E-state index contributed by atoms with van der Waals surface area (Å²) in [5, 5.41) is 0. The van der Waals surface area contributed by atoms with E-state index in [-0.39, 0.29) is 17.8 Å². The number of rotatable bonds is 4. The highest BCUT2D eigenvalue weighted by Gasteiger charge is 2.26. The van der Waals surface area contributed by atoms with Crippen molar-refractivity contribution < 1.29 is 9.18 Å². The lowest BCUT2D eigenvalue weighted by Gasteiger charge is -2.36. The molecule has 0 aromatic heterocycles. The van der Waals surface area contributed by atoms with Gasteiger partial charge in [0, 0.05) is 31.7 Å². The van der Waals surface area contributed by atoms with Crippen LogP contribution in [0.25, 0.3) is 0 Å². The Kier molecular flexibility index (Phi) is 5.34. The summed E-state index contributed by atoms with van der Waals surface area (Å²) in [5.74, 6) is -0.291. The zero-order valence-corrected chi connectivity index (χ0v) is 13.2. The first-order valence-corrected chi connectivity index (χ1v) is 7.78. The lowest BCUT2D eigenvalue weighted by atomic mass is 10.0. The van der Waals surface area contributed by atoms with Gasteiger partial charge in [0.25, 0.3) is 5.91 Å². The van der Waals surface area contributed by atoms with E-state index in [1.54, 1.807) is 13.0 Å². The Labute approximate surface area is 126 Å². The van der Waals surface area contributed by atoms with Crippen LogP contribution < -0.4 is 0 Å². The lowest BCUT2D eigenvalue weighted by Crippen LogP contribution is -2.45. The largest absolute Gasteiger partial charge is 0.339 e. The molecule has 21 heavy (non-hydrogen) atoms. The molecule has 1 heterocycles. The third-order valence-electron chi connectivity index (χ3n) is 4.38. The predicted molar refractivity (Wildman–Crippen MR) is 83.0 cm³/mol. The summed E-state index contributed by atoms with van der Waals surface area (Å²) < 4.78 is 13.2. The van der Waals surface area contributed by atoms with E-state index >= 15 is 0 Å². The summed E-state index contributed by atoms with van der Waals surface area (Å²) in [4.78, 5) is 16.9. The van der Waals surface area contributed by atoms with Crippen molar-refractivity contribution in [3.63, 3.8) is 0 Å². The zero-order valence-electron chi connectivity index (χ0n) is 13.2. The highest BCUT2D eigenvalue weighted by Crippen LogP contribution is 2.19. The molecule has 1 aromatic carbocycles. The maximum atomic E-state index is 13.2. The minimum Gasteiger partial charge on any atom is -0.339 e. The first-order chi connectivity index (χ1) is 10.0. The fourth-order valence-corrected chi connectivity index (χ4v) is 3.07. The van der Waals surface area contributed by atoms with Crippen LogP contribution in [0.3, 0.4) is 0 Å². The van der Waals surface area contributed by atoms with Crippen LogP contribution in [0.5, 0.6) is 0 Å². The van der Waals surface area contributed by atoms with Gasteiger partial charge in [-0.15, -0.1) is 0 Å². The van der Waals surface area contributed by atoms with Gasteiger partial charge in [-0.3, -0.25) is 4.79 Å². The van der Waals surface area contributed by atoms with E-state index in [0.717, 1.165) is 32.5 Å². The molecule has 1 fully saturated rings. The second-order valence-electron chi connectivity index (χ2n) is 5.95. The van der Waals surface area contributed by atoms with Crippen LogP contribution in [0.1, 0.15) is 42.1 Å². The van der Waals surface area contributed by atoms with Crippen LogP contribution in [-0.4, -0.2) is 48.4 Å². The Hall–Kier alpha value is -1.42. The summed E-state index contributed by atoms with van der Waals surface area (Å²) in [7, 11) is 1.87. The number of aryl methyl sites for hydroxylation is 1. The van der Waals surface area contributed by atoms with Gasteiger partial charge in [-0.1, -0.05) is 6.92 Å². The number of carbonyl (C=O) groups is 1. The van der Waals surface area contributed by atoms with Crippen molar-refractivity contribution in [2.75, 3.05) is 26.7 Å². The van der Waals surface area contributed by atoms with Crippen LogP contribution in [0, 0.1) is 12.7 Å². The smallest absolute Gasteiger partial charge is 0.254 e. The summed E-state index contributed by atoms with van der Waals surface area (Å²) in [6, 6.07) is 4.66. The van der Waals surface area contributed by atoms with Crippen molar-refractivity contribution in [3.8, 4) is 0 Å². The lowest BCUT2D eigenvalue weighted by molar-refractivity contribution is 0.0642. The standard InChI is InChI=1S/C17H25FN2O/c1-4-9-20-10-7-15(8-11-20)19(3)17(21)16-6-5-14(18)12-13(16)2/h5-6,12,15H,4,7-11H2,1-3H3. The zero-order chi connectivity index (χ0) is 15.4. The highest BCUT2D eigenvalue weighted by atomic mass is 19.1. The topological polar surface area (TPSA) is 23.6 Å². The number of carbonyl (C=O) groups excluding carboxylic acids is 1. The molecule has 3 nitrogen and oxygen atoms in total. The van der Waals surface area contributed by atoms with Gasteiger partial charge < -0.3 is 9.80 Å². The Morgan fingerprint density at radius 3 is 2.62 bits per heavy atom. The SMILES string of the molecule is CCCN1CCC(N(C)C(=O)c2ccc(F)cc2C)CC1. The van der Waals surface area contributed by atoms with Crippen molar-refractivity contribution >= 4 is 5.91 Å². The van der Waals surface area contributed by atoms with Crippen LogP contribution in [0.2, 0.25) is 0 Å². The average molecular weight is 292 g/mol. The molecule has 0 unspecified atom stereocenters. The molecule has 1 aromatic rings. The van der Waals surface area contributed by atoms with Gasteiger partial charge in [0.1, 0.15) is 5.82 Å². The van der Waals surface area contributed by atoms with Gasteiger partial charge in [-0.05, 0) is 56.5 Å². The molecule has 4 heteroatoms. The Balaban J connectivity index is 2.00. The molecule has 0 radical (unpaired) electrons. The fourth-order valence-electron chi connectivity index (χ4n) is 3.07. The summed E-state index contributed by atoms with van der Waals surface area (Å²) >= 11 is 0. The van der Waals surface area contributed by atoms with Crippen LogP contribution in [0.15, 0.2) is 18.2 Å². The van der Waals surface area contributed by atoms with Gasteiger partial charge in [0.15, 0.2) is 0 Å². The normalized spacial score (nSPS) is 17.0. The van der Waals surface area contributed by atoms with Crippen LogP contribution in [0.4, 0.5) is 4.39 Å². The molecule has 1 amide bonds. The second kappa shape index (κ2) is 7.03. The number of likely N-dealkylation sites (tertiary alicyclic amines) is 1. The molecule has 1 aliphatic rings. The van der Waals surface area contributed by atoms with Crippen LogP contribution >= 0.6 is 0 Å². The van der Waals surface area contributed by atoms with E-state index in [2.05, 4.69) is 11.8 Å². The van der Waals surface area contributed by atoms with Crippen molar-refractivity contribution in [1.82, 2.24) is 9.80 Å². The maximum absolute atomic E-state index is 13.2. The third kappa shape index (κ3) is 3.82. The molecular weight excluding hydrogens is 267 g/mol. The molecule has 1 saturated heterocycles. The Morgan fingerprint density at radius 1 is 1.38 bits per heavy atom. The van der Waals surface area contributed by atoms with Crippen LogP contribution in [-0.2, 0) is 0 Å². The number of hydrogen-bond acceptors (Lipinski definition) is 2. The van der Waals surface area contributed by atoms with E-state index in [9.17, 15) is 9.18 Å². The highest BCUT2D eigenvalue weighted by molar-refractivity contribution is 5.95. The van der Waals surface area contributed by atoms with E-state index in [1.165, 1.54) is 18.6 Å². The molecular formula is C17H25FN2O. The third-order valence-corrected chi connectivity index (χ3v) is 4.38. The maximum Gasteiger partial charge on any atom is 0.254 e. The number of halogens is 1. The summed E-state index contributed by atoms with van der Waals surface area (Å²) in [6.07, 6.45) is 3.21. The number of hydrogen-bond donors (Lipinski definition) is 0. The van der Waals surface area contributed by atoms with Crippen molar-refractivity contribution in [2.45, 2.75) is 39.2 Å². The van der Waals surface area contributed by atoms with E-state index < -0.39 is 0 Å². The first kappa shape index (κ1) is 16.0. The summed E-state index contributed by atoms with van der Waals surface area (Å²) in [5.41, 5.74) is 1.31. The average Bonchev–Trinajstić information content (AvgIpc) is 2.47. The van der Waals surface area contributed by atoms with Gasteiger partial charge in [0.2, 0.25) is 0 Å². The minimum atomic E-state index is -0.292. The number of piperidine rings is 1. The van der Waals surface area contributed by atoms with Gasteiger partial charge in [-0.2, -0.15) is 0 Å². The van der Waals surface area contributed by atoms with Crippen molar-refractivity contribution in [3.05, 3.63) is 35.1 Å². The minimum absolute atomic E-state index is 0.00133. The summed E-state index contributed by atoms with van der Waals surface area (Å²) in [6.45, 7) is 7.23. The molecule has 0 spiro atoms. The molecule has 1 aliphatic heterocycles. The Bertz CT molecular complexity index is 496. The second-order valence-corrected chi connectivity index (χ2v) is 5.95. The molecule has 116 valence electrons. The Morgan fingerprint density at radius 2 is 2.05 bits per heavy atom. The molecule has 0 atom stereocenters. The molecule has 0 bridgehead atoms. The molecule has 0 saturated carbocycles. The van der Waals surface area contributed by atoms with Gasteiger partial charge >= 0.3 is 0 Å². The number of amides is 1. The van der Waals surface area contributed by atoms with Crippen molar-refractivity contribution in [2.24, 2.45) is 0 Å². The predicted octanol–water partition coefficient (Wildman–Crippen LogP) is 3.08. The van der Waals surface area contributed by atoms with E-state index in [0.29, 0.717) is 11.1 Å². The number of nitrogens with zero attached hydrogens (tertiary/aromatic N) is 2. The fraction of sp³-hybridized carbons (Fsp3) is 0.588. The van der Waals surface area contributed by atoms with E-state index in [4.69, 9.17) is 0 Å². The monoisotopic (exact) mass is 292 g/mol. The molecule has 0 N–H and O–H groups in total. The number of benzene rings is 1. The van der Waals surface area contributed by atoms with Crippen molar-refractivity contribution in [1.29, 1.82) is 0 Å². The molecule has 0 aliphatic carbocycles. The quantitative estimate of drug-likeness (QED) is 0.851. The van der Waals surface area contributed by atoms with Gasteiger partial charge in [-0.25, -0.2) is 4.39 Å². The molecule has 2 rings (SSSR count).